The molecule has 0 bridgehead atoms. The topological polar surface area (TPSA) is 42.4 Å². The molecule has 0 aliphatic heterocycles. The van der Waals surface area contributed by atoms with E-state index in [9.17, 15) is 9.50 Å². The summed E-state index contributed by atoms with van der Waals surface area (Å²) in [6, 6.07) is 9.62. The van der Waals surface area contributed by atoms with Crippen LogP contribution in [-0.2, 0) is 6.42 Å². The smallest absolute Gasteiger partial charge is 0.143 e. The summed E-state index contributed by atoms with van der Waals surface area (Å²) in [5.41, 5.74) is 1.18. The van der Waals surface area contributed by atoms with Crippen molar-refractivity contribution in [2.45, 2.75) is 12.5 Å². The van der Waals surface area contributed by atoms with Gasteiger partial charge in [-0.15, -0.1) is 0 Å². The van der Waals surface area contributed by atoms with Crippen LogP contribution in [0.1, 0.15) is 17.4 Å². The third kappa shape index (κ3) is 2.84. The molecule has 1 aromatic carbocycles. The summed E-state index contributed by atoms with van der Waals surface area (Å²) in [4.78, 5) is 4.10. The minimum atomic E-state index is -0.817. The van der Waals surface area contributed by atoms with Crippen molar-refractivity contribution in [3.05, 3.63) is 59.7 Å². The van der Waals surface area contributed by atoms with Crippen molar-refractivity contribution in [1.29, 1.82) is 0 Å². The zero-order valence-corrected chi connectivity index (χ0v) is 10.0. The van der Waals surface area contributed by atoms with Crippen molar-refractivity contribution in [2.24, 2.45) is 0 Å². The van der Waals surface area contributed by atoms with Gasteiger partial charge in [-0.2, -0.15) is 0 Å². The van der Waals surface area contributed by atoms with E-state index in [1.54, 1.807) is 30.5 Å². The van der Waals surface area contributed by atoms with Crippen LogP contribution in [0.25, 0.3) is 0 Å². The van der Waals surface area contributed by atoms with Gasteiger partial charge in [-0.05, 0) is 29.8 Å². The molecule has 0 saturated carbocycles. The maximum Gasteiger partial charge on any atom is 0.143 e. The van der Waals surface area contributed by atoms with Crippen LogP contribution in [0.4, 0.5) is 4.39 Å². The first kappa shape index (κ1) is 12.5. The summed E-state index contributed by atoms with van der Waals surface area (Å²) < 4.78 is 18.2. The Morgan fingerprint density at radius 3 is 2.89 bits per heavy atom. The van der Waals surface area contributed by atoms with E-state index in [2.05, 4.69) is 4.98 Å². The number of benzene rings is 1. The lowest BCUT2D eigenvalue weighted by Gasteiger charge is -2.13. The zero-order chi connectivity index (χ0) is 13.0. The summed E-state index contributed by atoms with van der Waals surface area (Å²) in [6.45, 7) is 0. The highest BCUT2D eigenvalue weighted by Gasteiger charge is 2.15. The van der Waals surface area contributed by atoms with Gasteiger partial charge < -0.3 is 9.84 Å². The van der Waals surface area contributed by atoms with Gasteiger partial charge in [-0.1, -0.05) is 12.1 Å². The van der Waals surface area contributed by atoms with Gasteiger partial charge in [0.1, 0.15) is 23.4 Å². The van der Waals surface area contributed by atoms with Crippen molar-refractivity contribution in [2.75, 3.05) is 7.11 Å². The molecular weight excluding hydrogens is 233 g/mol. The molecule has 0 spiro atoms. The standard InChI is InChI=1S/C14H14FNO2/c1-18-13-6-3-7-16-14(13)12(17)9-10-4-2-5-11(15)8-10/h2-8,12,17H,9H2,1H3. The van der Waals surface area contributed by atoms with Gasteiger partial charge in [0.25, 0.3) is 0 Å². The highest BCUT2D eigenvalue weighted by Crippen LogP contribution is 2.25. The van der Waals surface area contributed by atoms with Gasteiger partial charge >= 0.3 is 0 Å². The number of rotatable bonds is 4. The molecular formula is C14H14FNO2. The summed E-state index contributed by atoms with van der Waals surface area (Å²) in [5, 5.41) is 10.1. The SMILES string of the molecule is COc1cccnc1C(O)Cc1cccc(F)c1. The molecule has 0 fully saturated rings. The van der Waals surface area contributed by atoms with Crippen LogP contribution in [-0.4, -0.2) is 17.2 Å². The number of aromatic nitrogens is 1. The fraction of sp³-hybridized carbons (Fsp3) is 0.214. The Kier molecular flexibility index (Phi) is 3.89. The molecule has 0 aliphatic carbocycles. The quantitative estimate of drug-likeness (QED) is 0.902. The third-order valence-corrected chi connectivity index (χ3v) is 2.65. The Balaban J connectivity index is 2.19. The van der Waals surface area contributed by atoms with Crippen molar-refractivity contribution in [3.8, 4) is 5.75 Å². The first-order valence-corrected chi connectivity index (χ1v) is 5.62. The lowest BCUT2D eigenvalue weighted by Crippen LogP contribution is -2.06. The fourth-order valence-electron chi connectivity index (χ4n) is 1.81. The first-order valence-electron chi connectivity index (χ1n) is 5.62. The number of hydrogen-bond acceptors (Lipinski definition) is 3. The monoisotopic (exact) mass is 247 g/mol. The summed E-state index contributed by atoms with van der Waals surface area (Å²) in [6.07, 6.45) is 1.07. The van der Waals surface area contributed by atoms with Crippen molar-refractivity contribution in [1.82, 2.24) is 4.98 Å². The van der Waals surface area contributed by atoms with Crippen LogP contribution in [0, 0.1) is 5.82 Å². The molecule has 1 N–H and O–H groups in total. The number of ether oxygens (including phenoxy) is 1. The second-order valence-corrected chi connectivity index (χ2v) is 3.94. The van der Waals surface area contributed by atoms with Gasteiger partial charge in [-0.3, -0.25) is 4.98 Å². The number of nitrogens with zero attached hydrogens (tertiary/aromatic N) is 1. The van der Waals surface area contributed by atoms with Gasteiger partial charge in [0.15, 0.2) is 0 Å². The normalized spacial score (nSPS) is 12.2. The van der Waals surface area contributed by atoms with E-state index in [1.165, 1.54) is 19.2 Å². The molecule has 18 heavy (non-hydrogen) atoms. The maximum absolute atomic E-state index is 13.0. The number of aliphatic hydroxyl groups is 1. The number of halogens is 1. The third-order valence-electron chi connectivity index (χ3n) is 2.65. The van der Waals surface area contributed by atoms with E-state index < -0.39 is 6.10 Å². The first-order chi connectivity index (χ1) is 8.70. The van der Waals surface area contributed by atoms with Gasteiger partial charge in [0.05, 0.1) is 7.11 Å². The largest absolute Gasteiger partial charge is 0.495 e. The number of pyridine rings is 1. The molecule has 1 atom stereocenters. The molecule has 2 rings (SSSR count). The molecule has 0 amide bonds. The highest BCUT2D eigenvalue weighted by atomic mass is 19.1. The molecule has 0 saturated heterocycles. The van der Waals surface area contributed by atoms with Gasteiger partial charge in [-0.25, -0.2) is 4.39 Å². The van der Waals surface area contributed by atoms with Gasteiger partial charge in [0, 0.05) is 12.6 Å². The zero-order valence-electron chi connectivity index (χ0n) is 10.0. The lowest BCUT2D eigenvalue weighted by molar-refractivity contribution is 0.168. The number of aliphatic hydroxyl groups excluding tert-OH is 1. The lowest BCUT2D eigenvalue weighted by atomic mass is 10.0. The van der Waals surface area contributed by atoms with E-state index in [-0.39, 0.29) is 5.82 Å². The van der Waals surface area contributed by atoms with E-state index >= 15 is 0 Å². The summed E-state index contributed by atoms with van der Waals surface area (Å²) >= 11 is 0. The summed E-state index contributed by atoms with van der Waals surface area (Å²) in [7, 11) is 1.52. The van der Waals surface area contributed by atoms with E-state index in [1.807, 2.05) is 0 Å². The second kappa shape index (κ2) is 5.60. The fourth-order valence-corrected chi connectivity index (χ4v) is 1.81. The molecule has 94 valence electrons. The minimum Gasteiger partial charge on any atom is -0.495 e. The van der Waals surface area contributed by atoms with Crippen LogP contribution in [0.15, 0.2) is 42.6 Å². The molecule has 3 nitrogen and oxygen atoms in total. The maximum atomic E-state index is 13.0. The van der Waals surface area contributed by atoms with E-state index in [0.717, 1.165) is 5.56 Å². The Labute approximate surface area is 105 Å². The Morgan fingerprint density at radius 1 is 1.33 bits per heavy atom. The molecule has 1 unspecified atom stereocenters. The Bertz CT molecular complexity index is 531. The molecule has 2 aromatic rings. The van der Waals surface area contributed by atoms with Gasteiger partial charge in [0.2, 0.25) is 0 Å². The minimum absolute atomic E-state index is 0.297. The number of methoxy groups -OCH3 is 1. The van der Waals surface area contributed by atoms with Crippen LogP contribution in [0.3, 0.4) is 0 Å². The van der Waals surface area contributed by atoms with Crippen molar-refractivity contribution < 1.29 is 14.2 Å². The molecule has 4 heteroatoms. The molecule has 1 heterocycles. The van der Waals surface area contributed by atoms with Crippen LogP contribution >= 0.6 is 0 Å². The molecule has 0 radical (unpaired) electrons. The second-order valence-electron chi connectivity index (χ2n) is 3.94. The predicted octanol–water partition coefficient (Wildman–Crippen LogP) is 2.51. The number of hydrogen-bond donors (Lipinski definition) is 1. The van der Waals surface area contributed by atoms with Crippen LogP contribution in [0.2, 0.25) is 0 Å². The average Bonchev–Trinajstić information content (AvgIpc) is 2.38. The van der Waals surface area contributed by atoms with E-state index in [4.69, 9.17) is 4.74 Å². The van der Waals surface area contributed by atoms with Crippen LogP contribution < -0.4 is 4.74 Å². The summed E-state index contributed by atoms with van der Waals surface area (Å²) in [5.74, 6) is 0.217. The Morgan fingerprint density at radius 2 is 2.17 bits per heavy atom. The van der Waals surface area contributed by atoms with Crippen molar-refractivity contribution >= 4 is 0 Å². The molecule has 1 aromatic heterocycles. The van der Waals surface area contributed by atoms with Crippen LogP contribution in [0.5, 0.6) is 5.75 Å². The van der Waals surface area contributed by atoms with Crippen molar-refractivity contribution in [3.63, 3.8) is 0 Å². The Hall–Kier alpha value is -1.94. The molecule has 0 aliphatic rings. The highest BCUT2D eigenvalue weighted by molar-refractivity contribution is 5.30. The predicted molar refractivity (Wildman–Crippen MR) is 65.9 cm³/mol. The average molecular weight is 247 g/mol. The van der Waals surface area contributed by atoms with E-state index in [0.29, 0.717) is 17.9 Å².